The van der Waals surface area contributed by atoms with E-state index in [9.17, 15) is 32.9 Å². The highest BCUT2D eigenvalue weighted by atomic mass is 35.5. The Kier molecular flexibility index (Phi) is 5.75. The van der Waals surface area contributed by atoms with Gasteiger partial charge in [-0.15, -0.1) is 0 Å². The molecule has 1 aliphatic carbocycles. The number of hydrazine groups is 1. The largest absolute Gasteiger partial charge is 0.456 e. The molecule has 0 unspecified atom stereocenters. The molecule has 2 aliphatic rings. The maximum atomic E-state index is 12.8. The summed E-state index contributed by atoms with van der Waals surface area (Å²) in [6, 6.07) is 5.94. The highest BCUT2D eigenvalue weighted by Gasteiger charge is 2.40. The molecule has 0 atom stereocenters. The molecule has 8 nitrogen and oxygen atoms in total. The van der Waals surface area contributed by atoms with E-state index in [1.807, 2.05) is 0 Å². The van der Waals surface area contributed by atoms with Crippen LogP contribution in [-0.2, 0) is 15.8 Å². The van der Waals surface area contributed by atoms with Gasteiger partial charge in [-0.1, -0.05) is 11.6 Å². The zero-order chi connectivity index (χ0) is 23.9. The van der Waals surface area contributed by atoms with Gasteiger partial charge in [-0.25, -0.2) is 0 Å². The van der Waals surface area contributed by atoms with Crippen LogP contribution in [0.15, 0.2) is 47.5 Å². The maximum absolute atomic E-state index is 12.8. The van der Waals surface area contributed by atoms with Crippen LogP contribution in [0.1, 0.15) is 31.2 Å². The number of hydrogen-bond acceptors (Lipinski definition) is 6. The summed E-state index contributed by atoms with van der Waals surface area (Å²) in [7, 11) is 0. The lowest BCUT2D eigenvalue weighted by atomic mass is 9.93. The van der Waals surface area contributed by atoms with Crippen molar-refractivity contribution in [2.75, 3.05) is 5.43 Å². The molecular formula is C21H15ClF3N3O5. The van der Waals surface area contributed by atoms with Gasteiger partial charge in [-0.05, 0) is 49.9 Å². The smallest absolute Gasteiger partial charge is 0.416 e. The summed E-state index contributed by atoms with van der Waals surface area (Å²) in [4.78, 5) is 36.0. The molecule has 2 aromatic rings. The predicted octanol–water partition coefficient (Wildman–Crippen LogP) is 5.63. The molecular weight excluding hydrogens is 467 g/mol. The molecule has 2 aromatic carbocycles. The van der Waals surface area contributed by atoms with Gasteiger partial charge in [0, 0.05) is 23.3 Å². The molecule has 0 aromatic heterocycles. The third kappa shape index (κ3) is 4.36. The van der Waals surface area contributed by atoms with Crippen LogP contribution in [0.2, 0.25) is 5.02 Å². The Morgan fingerprint density at radius 2 is 1.67 bits per heavy atom. The summed E-state index contributed by atoms with van der Waals surface area (Å²) in [6.07, 6.45) is -2.15. The van der Waals surface area contributed by atoms with Crippen molar-refractivity contribution in [1.29, 1.82) is 0 Å². The average molecular weight is 482 g/mol. The fraction of sp³-hybridized carbons (Fsp3) is 0.238. The first-order chi connectivity index (χ1) is 15.6. The number of nitro benzene ring substituents is 1. The molecule has 0 bridgehead atoms. The van der Waals surface area contributed by atoms with E-state index in [4.69, 9.17) is 16.3 Å². The summed E-state index contributed by atoms with van der Waals surface area (Å²) in [5, 5.41) is 11.9. The SMILES string of the molecule is O=C1C2=C(CCCC2)C(=O)N1Nc1cc(Oc2ccc(C(F)(F)F)cc2Cl)ccc1[N+](=O)[O-]. The Morgan fingerprint density at radius 1 is 1.03 bits per heavy atom. The molecule has 12 heteroatoms. The number of carbonyl (C=O) groups is 2. The molecule has 0 saturated heterocycles. The van der Waals surface area contributed by atoms with Crippen LogP contribution < -0.4 is 10.2 Å². The molecule has 0 radical (unpaired) electrons. The van der Waals surface area contributed by atoms with Crippen LogP contribution in [0.5, 0.6) is 11.5 Å². The van der Waals surface area contributed by atoms with E-state index >= 15 is 0 Å². The highest BCUT2D eigenvalue weighted by molar-refractivity contribution is 6.32. The molecule has 0 spiro atoms. The Hall–Kier alpha value is -3.60. The molecule has 1 heterocycles. The normalized spacial score (nSPS) is 16.2. The Labute approximate surface area is 189 Å². The van der Waals surface area contributed by atoms with Gasteiger partial charge >= 0.3 is 6.18 Å². The number of ether oxygens (including phenoxy) is 1. The van der Waals surface area contributed by atoms with Crippen molar-refractivity contribution in [3.63, 3.8) is 0 Å². The van der Waals surface area contributed by atoms with E-state index in [2.05, 4.69) is 5.43 Å². The summed E-state index contributed by atoms with van der Waals surface area (Å²) in [6.45, 7) is 0. The number of nitro groups is 1. The lowest BCUT2D eigenvalue weighted by Gasteiger charge is -2.18. The minimum Gasteiger partial charge on any atom is -0.456 e. The van der Waals surface area contributed by atoms with E-state index in [0.29, 0.717) is 30.1 Å². The number of halogens is 4. The van der Waals surface area contributed by atoms with Crippen LogP contribution in [-0.4, -0.2) is 21.7 Å². The molecule has 4 rings (SSSR count). The molecule has 2 amide bonds. The van der Waals surface area contributed by atoms with Gasteiger partial charge in [-0.3, -0.25) is 25.1 Å². The van der Waals surface area contributed by atoms with Crippen molar-refractivity contribution in [2.24, 2.45) is 0 Å². The highest BCUT2D eigenvalue weighted by Crippen LogP contribution is 2.39. The third-order valence-electron chi connectivity index (χ3n) is 5.27. The van der Waals surface area contributed by atoms with E-state index in [1.54, 1.807) is 0 Å². The standard InChI is InChI=1S/C21H15ClF3N3O5/c22-15-9-11(21(23,24)25)5-8-18(15)33-12-6-7-17(28(31)32)16(10-12)26-27-19(29)13-3-1-2-4-14(13)20(27)30/h5-10,26H,1-4H2. The summed E-state index contributed by atoms with van der Waals surface area (Å²) in [5.74, 6) is -1.27. The second-order valence-corrected chi connectivity index (χ2v) is 7.81. The number of amides is 2. The third-order valence-corrected chi connectivity index (χ3v) is 5.57. The van der Waals surface area contributed by atoms with Crippen LogP contribution >= 0.6 is 11.6 Å². The van der Waals surface area contributed by atoms with Crippen molar-refractivity contribution >= 4 is 34.8 Å². The fourth-order valence-corrected chi connectivity index (χ4v) is 3.89. The molecule has 1 N–H and O–H groups in total. The van der Waals surface area contributed by atoms with E-state index in [0.717, 1.165) is 42.1 Å². The second-order valence-electron chi connectivity index (χ2n) is 7.40. The topological polar surface area (TPSA) is 102 Å². The summed E-state index contributed by atoms with van der Waals surface area (Å²) >= 11 is 5.90. The van der Waals surface area contributed by atoms with Gasteiger partial charge < -0.3 is 4.74 Å². The molecule has 172 valence electrons. The average Bonchev–Trinajstić information content (AvgIpc) is 2.99. The van der Waals surface area contributed by atoms with Gasteiger partial charge in [0.15, 0.2) is 0 Å². The second kappa shape index (κ2) is 8.39. The summed E-state index contributed by atoms with van der Waals surface area (Å²) < 4.78 is 44.0. The van der Waals surface area contributed by atoms with Crippen molar-refractivity contribution in [3.8, 4) is 11.5 Å². The van der Waals surface area contributed by atoms with E-state index < -0.39 is 34.2 Å². The number of benzene rings is 2. The van der Waals surface area contributed by atoms with Crippen molar-refractivity contribution in [3.05, 3.63) is 68.2 Å². The molecule has 1 aliphatic heterocycles. The molecule has 0 fully saturated rings. The number of nitrogens with one attached hydrogen (secondary N) is 1. The van der Waals surface area contributed by atoms with Crippen LogP contribution in [0, 0.1) is 10.1 Å². The van der Waals surface area contributed by atoms with Crippen LogP contribution in [0.4, 0.5) is 24.5 Å². The van der Waals surface area contributed by atoms with E-state index in [-0.39, 0.29) is 22.2 Å². The van der Waals surface area contributed by atoms with Crippen molar-refractivity contribution in [1.82, 2.24) is 5.01 Å². The van der Waals surface area contributed by atoms with Crippen molar-refractivity contribution < 1.29 is 32.4 Å². The van der Waals surface area contributed by atoms with Gasteiger partial charge in [0.05, 0.1) is 15.5 Å². The summed E-state index contributed by atoms with van der Waals surface area (Å²) in [5.41, 5.74) is 1.68. The number of hydrogen-bond donors (Lipinski definition) is 1. The first kappa shape index (κ1) is 22.6. The molecule has 33 heavy (non-hydrogen) atoms. The fourth-order valence-electron chi connectivity index (χ4n) is 3.68. The lowest BCUT2D eigenvalue weighted by Crippen LogP contribution is -2.37. The Bertz CT molecular complexity index is 1180. The molecule has 0 saturated carbocycles. The van der Waals surface area contributed by atoms with Crippen LogP contribution in [0.3, 0.4) is 0 Å². The van der Waals surface area contributed by atoms with Gasteiger partial charge in [-0.2, -0.15) is 18.2 Å². The van der Waals surface area contributed by atoms with Gasteiger partial charge in [0.1, 0.15) is 17.2 Å². The lowest BCUT2D eigenvalue weighted by molar-refractivity contribution is -0.384. The monoisotopic (exact) mass is 481 g/mol. The zero-order valence-electron chi connectivity index (χ0n) is 16.7. The first-order valence-electron chi connectivity index (χ1n) is 9.77. The predicted molar refractivity (Wildman–Crippen MR) is 111 cm³/mol. The first-order valence-corrected chi connectivity index (χ1v) is 10.1. The Balaban J connectivity index is 1.61. The maximum Gasteiger partial charge on any atom is 0.416 e. The number of anilines is 1. The number of carbonyl (C=O) groups excluding carboxylic acids is 2. The van der Waals surface area contributed by atoms with Crippen LogP contribution in [0.25, 0.3) is 0 Å². The number of rotatable bonds is 5. The van der Waals surface area contributed by atoms with Crippen molar-refractivity contribution in [2.45, 2.75) is 31.9 Å². The number of nitrogens with zero attached hydrogens (tertiary/aromatic N) is 2. The minimum atomic E-state index is -4.59. The van der Waals surface area contributed by atoms with Gasteiger partial charge in [0.2, 0.25) is 0 Å². The quantitative estimate of drug-likeness (QED) is 0.337. The minimum absolute atomic E-state index is 0.0124. The van der Waals surface area contributed by atoms with Gasteiger partial charge in [0.25, 0.3) is 17.5 Å². The Morgan fingerprint density at radius 3 is 2.21 bits per heavy atom. The zero-order valence-corrected chi connectivity index (χ0v) is 17.5. The number of imide groups is 1. The van der Waals surface area contributed by atoms with E-state index in [1.165, 1.54) is 6.07 Å². The number of alkyl halides is 3.